The van der Waals surface area contributed by atoms with Crippen molar-refractivity contribution in [3.05, 3.63) is 57.3 Å². The van der Waals surface area contributed by atoms with Crippen LogP contribution in [0.4, 0.5) is 10.3 Å². The molecule has 0 bridgehead atoms. The zero-order chi connectivity index (χ0) is 42.1. The Morgan fingerprint density at radius 3 is 1.95 bits per heavy atom. The van der Waals surface area contributed by atoms with Gasteiger partial charge in [-0.15, -0.1) is 46.2 Å². The molecule has 2 aromatic rings. The minimum absolute atomic E-state index is 0.0615. The molecule has 308 valence electrons. The van der Waals surface area contributed by atoms with E-state index in [-0.39, 0.29) is 44.5 Å². The number of nitrogens with one attached hydrogen (secondary N) is 2. The van der Waals surface area contributed by atoms with Crippen LogP contribution in [0, 0.1) is 0 Å². The van der Waals surface area contributed by atoms with Gasteiger partial charge in [0.15, 0.2) is 21.7 Å². The smallest absolute Gasteiger partial charge is 0.352 e. The van der Waals surface area contributed by atoms with Gasteiger partial charge in [0.25, 0.3) is 23.6 Å². The van der Waals surface area contributed by atoms with Crippen molar-refractivity contribution < 1.29 is 53.5 Å². The molecule has 4 atom stereocenters. The first-order valence-corrected chi connectivity index (χ1v) is 21.1. The molecule has 0 unspecified atom stereocenters. The van der Waals surface area contributed by atoms with Crippen molar-refractivity contribution in [2.24, 2.45) is 10.3 Å². The van der Waals surface area contributed by atoms with Crippen LogP contribution in [0.15, 0.2) is 56.3 Å². The number of nitrogens with zero attached hydrogens (tertiary/aromatic N) is 7. The quantitative estimate of drug-likeness (QED) is 0.0467. The minimum atomic E-state index is -1.37. The number of aromatic nitrogens is 2. The third-order valence-corrected chi connectivity index (χ3v) is 13.7. The number of thioether (sulfide) groups is 2. The molecule has 21 nitrogen and oxygen atoms in total. The number of carboxylic acid groups (broad SMARTS) is 2. The zero-order valence-corrected chi connectivity index (χ0v) is 34.0. The second-order valence-electron chi connectivity index (χ2n) is 13.5. The lowest BCUT2D eigenvalue weighted by Crippen LogP contribution is -2.71. The number of anilines is 2. The van der Waals surface area contributed by atoms with E-state index in [9.17, 15) is 39.0 Å². The first-order chi connectivity index (χ1) is 27.6. The van der Waals surface area contributed by atoms with Gasteiger partial charge < -0.3 is 51.6 Å². The molecule has 0 saturated carbocycles. The van der Waals surface area contributed by atoms with E-state index in [1.54, 1.807) is 5.38 Å². The summed E-state index contributed by atoms with van der Waals surface area (Å²) in [5.74, 6) is -4.34. The van der Waals surface area contributed by atoms with Crippen molar-refractivity contribution >= 4 is 103 Å². The summed E-state index contributed by atoms with van der Waals surface area (Å²) in [4.78, 5) is 88.8. The summed E-state index contributed by atoms with van der Waals surface area (Å²) >= 11 is 4.94. The average Bonchev–Trinajstić information content (AvgIpc) is 3.95. The number of carboxylic acids is 2. The third-order valence-electron chi connectivity index (χ3n) is 9.72. The van der Waals surface area contributed by atoms with E-state index in [4.69, 9.17) is 21.5 Å². The van der Waals surface area contributed by atoms with E-state index in [1.165, 1.54) is 47.0 Å². The molecule has 0 spiro atoms. The molecule has 58 heavy (non-hydrogen) atoms. The van der Waals surface area contributed by atoms with Crippen molar-refractivity contribution in [1.29, 1.82) is 0 Å². The van der Waals surface area contributed by atoms with Crippen LogP contribution < -0.4 is 27.2 Å². The molecule has 7 heterocycles. The molecule has 3 fully saturated rings. The van der Waals surface area contributed by atoms with Crippen LogP contribution in [0.2, 0.25) is 0 Å². The number of amides is 4. The number of likely N-dealkylation sites (N-methyl/N-ethyl adjacent to an activating group) is 1. The maximum atomic E-state index is 12.9. The first-order valence-electron chi connectivity index (χ1n) is 17.3. The number of nitrogens with two attached hydrogens (primary N) is 2. The molecule has 0 aliphatic carbocycles. The Morgan fingerprint density at radius 2 is 1.48 bits per heavy atom. The van der Waals surface area contributed by atoms with Gasteiger partial charge in [-0.3, -0.25) is 29.0 Å². The average molecular weight is 876 g/mol. The third kappa shape index (κ3) is 8.11. The number of fused-ring (bicyclic) bond motifs is 2. The Hall–Kier alpha value is -5.50. The lowest BCUT2D eigenvalue weighted by atomic mass is 10.0. The topological polar surface area (TPSA) is 308 Å². The number of thiazole rings is 2. The van der Waals surface area contributed by atoms with E-state index in [2.05, 4.69) is 44.5 Å². The second-order valence-corrected chi connectivity index (χ2v) is 17.5. The van der Waals surface area contributed by atoms with Gasteiger partial charge in [-0.05, 0) is 5.57 Å². The Balaban J connectivity index is 0.000000200. The van der Waals surface area contributed by atoms with Gasteiger partial charge in [-0.1, -0.05) is 23.0 Å². The van der Waals surface area contributed by atoms with Crippen molar-refractivity contribution in [3.8, 4) is 0 Å². The number of hydrogen-bond acceptors (Lipinski definition) is 19. The van der Waals surface area contributed by atoms with E-state index in [0.29, 0.717) is 29.2 Å². The maximum Gasteiger partial charge on any atom is 0.352 e. The number of oxime groups is 2. The molecule has 2 aromatic heterocycles. The number of likely N-dealkylation sites (tertiary alicyclic amines) is 1. The molecule has 25 heteroatoms. The van der Waals surface area contributed by atoms with Crippen molar-refractivity contribution in [2.75, 3.05) is 56.8 Å². The number of β-lactam (4-membered cyclic amide) rings is 2. The standard InChI is InChI=1S/C19H24N6O5S2.C14H13N5O5S2/c1-25(5-3-4-6-25)7-10-8-31-17-13(16(27)24(17)14(10)18(28)29)22-15(26)12(23-30-2)11-9-32-19(20)21-11;1-2-5-3-25-12-8(11(21)19(12)9(5)13(22)23)17-10(20)7(18-24)6-4-26-14(15)16-6/h9,13,17H,3-8H2,1-2H3,(H3-,20,21,22,26,28,29);2,4,8,12,24H,1,3H2,(H2,15,16)(H,17,20)(H,22,23)/b23-12-;18-7-/t13-,17-;8-,12-/m11/s1. The second kappa shape index (κ2) is 17.2. The first kappa shape index (κ1) is 42.1. The maximum absolute atomic E-state index is 12.9. The van der Waals surface area contributed by atoms with E-state index in [1.807, 2.05) is 0 Å². The fourth-order valence-corrected chi connectivity index (χ4v) is 10.8. The Morgan fingerprint density at radius 1 is 0.966 bits per heavy atom. The summed E-state index contributed by atoms with van der Waals surface area (Å²) in [5.41, 5.74) is 11.9. The van der Waals surface area contributed by atoms with Crippen LogP contribution in [0.25, 0.3) is 0 Å². The van der Waals surface area contributed by atoms with Crippen LogP contribution in [0.1, 0.15) is 24.2 Å². The van der Waals surface area contributed by atoms with E-state index >= 15 is 0 Å². The van der Waals surface area contributed by atoms with E-state index < -0.39 is 58.4 Å². The highest BCUT2D eigenvalue weighted by Crippen LogP contribution is 2.42. The van der Waals surface area contributed by atoms with Gasteiger partial charge in [0, 0.05) is 40.7 Å². The largest absolute Gasteiger partial charge is 0.543 e. The highest BCUT2D eigenvalue weighted by molar-refractivity contribution is 8.00. The molecule has 3 saturated heterocycles. The molecule has 5 aliphatic heterocycles. The van der Waals surface area contributed by atoms with Gasteiger partial charge in [0.1, 0.15) is 53.6 Å². The van der Waals surface area contributed by atoms with Crippen molar-refractivity contribution in [2.45, 2.75) is 35.7 Å². The predicted molar refractivity (Wildman–Crippen MR) is 212 cm³/mol. The fraction of sp³-hybridized carbons (Fsp3) is 0.394. The van der Waals surface area contributed by atoms with Crippen LogP contribution in [-0.2, 0) is 33.6 Å². The summed E-state index contributed by atoms with van der Waals surface area (Å²) in [7, 11) is 3.39. The van der Waals surface area contributed by atoms with Gasteiger partial charge in [0.05, 0.1) is 31.8 Å². The molecule has 0 radical (unpaired) electrons. The highest BCUT2D eigenvalue weighted by Gasteiger charge is 2.55. The summed E-state index contributed by atoms with van der Waals surface area (Å²) in [6.07, 6.45) is 3.61. The molecule has 8 N–H and O–H groups in total. The summed E-state index contributed by atoms with van der Waals surface area (Å²) in [5, 5.41) is 44.5. The monoisotopic (exact) mass is 875 g/mol. The minimum Gasteiger partial charge on any atom is -0.543 e. The van der Waals surface area contributed by atoms with Gasteiger partial charge >= 0.3 is 5.97 Å². The highest BCUT2D eigenvalue weighted by atomic mass is 32.2. The number of allylic oxidation sites excluding steroid dienone is 1. The molecule has 5 aliphatic rings. The normalized spacial score (nSPS) is 23.8. The van der Waals surface area contributed by atoms with Crippen molar-refractivity contribution in [1.82, 2.24) is 30.4 Å². The Kier molecular flexibility index (Phi) is 12.5. The fourth-order valence-electron chi connectivity index (χ4n) is 7.03. The molecule has 0 aromatic carbocycles. The molecule has 4 amide bonds. The number of hydrogen-bond donors (Lipinski definition) is 6. The van der Waals surface area contributed by atoms with Crippen LogP contribution in [0.5, 0.6) is 0 Å². The number of nitrogen functional groups attached to an aromatic ring is 2. The lowest BCUT2D eigenvalue weighted by molar-refractivity contribution is -0.893. The van der Waals surface area contributed by atoms with Gasteiger partial charge in [-0.25, -0.2) is 14.8 Å². The predicted octanol–water partition coefficient (Wildman–Crippen LogP) is -1.45. The number of quaternary nitrogens is 1. The lowest BCUT2D eigenvalue weighted by Gasteiger charge is -2.51. The molecule has 7 rings (SSSR count). The van der Waals surface area contributed by atoms with Crippen LogP contribution in [-0.4, -0.2) is 150 Å². The SMILES string of the molecule is C=CC1=C(C(=O)O)N2C(=O)[C@@H](NC(=O)/C(=N\O)c3csc(N)n3)[C@H]2SC1.CO/N=C(\C(=O)N[C@@H]1C(=O)N2C(C(=O)[O-])=C(C[N+]3(C)CCCC3)CS[C@H]12)c1csc(N)n1. The number of carbonyl (C=O) groups is 6. The Labute approximate surface area is 346 Å². The van der Waals surface area contributed by atoms with Gasteiger partial charge in [0.2, 0.25) is 0 Å². The molecular weight excluding hydrogens is 839 g/mol. The summed E-state index contributed by atoms with van der Waals surface area (Å²) < 4.78 is 0.757. The summed E-state index contributed by atoms with van der Waals surface area (Å²) in [6, 6.07) is -1.83. The van der Waals surface area contributed by atoms with E-state index in [0.717, 1.165) is 58.0 Å². The number of aliphatic carboxylic acids is 2. The Bertz CT molecular complexity index is 2190. The number of rotatable bonds is 12. The van der Waals surface area contributed by atoms with Crippen LogP contribution in [0.3, 0.4) is 0 Å². The number of carbonyl (C=O) groups excluding carboxylic acids is 5. The van der Waals surface area contributed by atoms with Crippen LogP contribution >= 0.6 is 46.2 Å². The summed E-state index contributed by atoms with van der Waals surface area (Å²) in [6.45, 7) is 6.09. The van der Waals surface area contributed by atoms with Crippen molar-refractivity contribution in [3.63, 3.8) is 0 Å². The van der Waals surface area contributed by atoms with Gasteiger partial charge in [-0.2, -0.15) is 0 Å². The zero-order valence-electron chi connectivity index (χ0n) is 30.8. The molecular formula is C33H37N11O10S4.